The predicted octanol–water partition coefficient (Wildman–Crippen LogP) is 5.19. The van der Waals surface area contributed by atoms with Crippen molar-refractivity contribution in [3.63, 3.8) is 0 Å². The second-order valence-corrected chi connectivity index (χ2v) is 6.21. The average molecular weight is 353 g/mol. The van der Waals surface area contributed by atoms with Gasteiger partial charge >= 0.3 is 0 Å². The van der Waals surface area contributed by atoms with Gasteiger partial charge in [-0.25, -0.2) is 15.0 Å². The van der Waals surface area contributed by atoms with Gasteiger partial charge in [0.1, 0.15) is 11.6 Å². The highest BCUT2D eigenvalue weighted by Crippen LogP contribution is 2.26. The monoisotopic (exact) mass is 353 g/mol. The van der Waals surface area contributed by atoms with Crippen molar-refractivity contribution in [3.8, 4) is 39.7 Å². The molecule has 4 nitrogen and oxygen atoms in total. The van der Waals surface area contributed by atoms with Gasteiger partial charge in [0.2, 0.25) is 0 Å². The zero-order valence-electron chi connectivity index (χ0n) is 15.3. The molecule has 27 heavy (non-hydrogen) atoms. The minimum absolute atomic E-state index is 0.640. The molecule has 0 amide bonds. The van der Waals surface area contributed by atoms with Gasteiger partial charge in [0.15, 0.2) is 11.6 Å². The molecular formula is C23H19N3O. The summed E-state index contributed by atoms with van der Waals surface area (Å²) in [7, 11) is 1.65. The van der Waals surface area contributed by atoms with Crippen LogP contribution in [0.1, 0.15) is 5.82 Å². The molecule has 1 heterocycles. The average Bonchev–Trinajstić information content (AvgIpc) is 2.74. The van der Waals surface area contributed by atoms with Gasteiger partial charge in [-0.15, -0.1) is 0 Å². The van der Waals surface area contributed by atoms with Crippen LogP contribution in [0.15, 0.2) is 78.9 Å². The summed E-state index contributed by atoms with van der Waals surface area (Å²) in [4.78, 5) is 13.8. The summed E-state index contributed by atoms with van der Waals surface area (Å²) in [5.41, 5.74) is 4.17. The molecule has 0 radical (unpaired) electrons. The van der Waals surface area contributed by atoms with Crippen LogP contribution < -0.4 is 4.74 Å². The van der Waals surface area contributed by atoms with E-state index in [2.05, 4.69) is 34.2 Å². The molecule has 0 atom stereocenters. The molecule has 0 unspecified atom stereocenters. The number of hydrogen-bond donors (Lipinski definition) is 0. The molecule has 4 heteroatoms. The van der Waals surface area contributed by atoms with E-state index in [0.29, 0.717) is 17.5 Å². The zero-order chi connectivity index (χ0) is 18.6. The summed E-state index contributed by atoms with van der Waals surface area (Å²) in [6.45, 7) is 1.88. The second kappa shape index (κ2) is 7.38. The third kappa shape index (κ3) is 3.70. The van der Waals surface area contributed by atoms with Crippen molar-refractivity contribution in [3.05, 3.63) is 84.7 Å². The highest BCUT2D eigenvalue weighted by molar-refractivity contribution is 5.71. The molecule has 0 saturated heterocycles. The summed E-state index contributed by atoms with van der Waals surface area (Å²) in [5, 5.41) is 0. The maximum Gasteiger partial charge on any atom is 0.163 e. The van der Waals surface area contributed by atoms with Crippen LogP contribution in [0.2, 0.25) is 0 Å². The van der Waals surface area contributed by atoms with E-state index in [-0.39, 0.29) is 0 Å². The highest BCUT2D eigenvalue weighted by Gasteiger charge is 2.10. The summed E-state index contributed by atoms with van der Waals surface area (Å²) in [6.07, 6.45) is 0. The number of rotatable bonds is 4. The Hall–Kier alpha value is -3.53. The number of benzene rings is 3. The van der Waals surface area contributed by atoms with Gasteiger partial charge in [-0.3, -0.25) is 0 Å². The van der Waals surface area contributed by atoms with Gasteiger partial charge < -0.3 is 4.74 Å². The maximum atomic E-state index is 5.31. The van der Waals surface area contributed by atoms with Crippen LogP contribution in [0.4, 0.5) is 0 Å². The molecule has 4 rings (SSSR count). The van der Waals surface area contributed by atoms with E-state index in [0.717, 1.165) is 28.0 Å². The van der Waals surface area contributed by atoms with Crippen LogP contribution in [0.25, 0.3) is 33.9 Å². The lowest BCUT2D eigenvalue weighted by atomic mass is 10.0. The Kier molecular flexibility index (Phi) is 4.62. The molecule has 1 aromatic heterocycles. The van der Waals surface area contributed by atoms with Crippen molar-refractivity contribution in [1.29, 1.82) is 0 Å². The van der Waals surface area contributed by atoms with Gasteiger partial charge in [0, 0.05) is 11.1 Å². The smallest absolute Gasteiger partial charge is 0.163 e. The minimum atomic E-state index is 0.640. The van der Waals surface area contributed by atoms with Crippen molar-refractivity contribution < 1.29 is 4.74 Å². The fraction of sp³-hybridized carbons (Fsp3) is 0.0870. The number of aryl methyl sites for hydroxylation is 1. The summed E-state index contributed by atoms with van der Waals surface area (Å²) in [5.74, 6) is 2.76. The normalized spacial score (nSPS) is 10.6. The van der Waals surface area contributed by atoms with Gasteiger partial charge in [0.05, 0.1) is 7.11 Å². The molecule has 0 fully saturated rings. The fourth-order valence-electron chi connectivity index (χ4n) is 2.97. The number of aromatic nitrogens is 3. The largest absolute Gasteiger partial charge is 0.497 e. The maximum absolute atomic E-state index is 5.31. The lowest BCUT2D eigenvalue weighted by molar-refractivity contribution is 0.415. The number of hydrogen-bond acceptors (Lipinski definition) is 4. The van der Waals surface area contributed by atoms with Gasteiger partial charge in [-0.1, -0.05) is 60.7 Å². The topological polar surface area (TPSA) is 47.9 Å². The summed E-state index contributed by atoms with van der Waals surface area (Å²) < 4.78 is 5.31. The quantitative estimate of drug-likeness (QED) is 0.506. The van der Waals surface area contributed by atoms with E-state index >= 15 is 0 Å². The van der Waals surface area contributed by atoms with Crippen LogP contribution in [0.3, 0.4) is 0 Å². The van der Waals surface area contributed by atoms with Crippen LogP contribution in [0.5, 0.6) is 5.75 Å². The van der Waals surface area contributed by atoms with Crippen LogP contribution in [-0.2, 0) is 0 Å². The van der Waals surface area contributed by atoms with Crippen molar-refractivity contribution in [2.24, 2.45) is 0 Å². The molecular weight excluding hydrogens is 334 g/mol. The molecule has 0 bridgehead atoms. The minimum Gasteiger partial charge on any atom is -0.497 e. The number of ether oxygens (including phenoxy) is 1. The lowest BCUT2D eigenvalue weighted by Crippen LogP contribution is -1.99. The molecule has 0 N–H and O–H groups in total. The Morgan fingerprint density at radius 1 is 0.593 bits per heavy atom. The van der Waals surface area contributed by atoms with E-state index in [4.69, 9.17) is 9.72 Å². The Balaban J connectivity index is 1.78. The third-order valence-electron chi connectivity index (χ3n) is 4.30. The SMILES string of the molecule is COc1cccc(-c2nc(C)nc(-c3cccc(-c4ccccc4)c3)n2)c1. The van der Waals surface area contributed by atoms with Gasteiger partial charge in [-0.05, 0) is 36.2 Å². The van der Waals surface area contributed by atoms with Crippen molar-refractivity contribution >= 4 is 0 Å². The zero-order valence-corrected chi connectivity index (χ0v) is 15.3. The van der Waals surface area contributed by atoms with Gasteiger partial charge in [-0.2, -0.15) is 0 Å². The first kappa shape index (κ1) is 16.9. The van der Waals surface area contributed by atoms with E-state index in [1.54, 1.807) is 7.11 Å². The summed E-state index contributed by atoms with van der Waals surface area (Å²) in [6, 6.07) is 26.3. The van der Waals surface area contributed by atoms with Crippen LogP contribution >= 0.6 is 0 Å². The van der Waals surface area contributed by atoms with E-state index in [1.165, 1.54) is 0 Å². The molecule has 3 aromatic carbocycles. The van der Waals surface area contributed by atoms with Crippen LogP contribution in [-0.4, -0.2) is 22.1 Å². The first-order valence-electron chi connectivity index (χ1n) is 8.76. The first-order valence-corrected chi connectivity index (χ1v) is 8.76. The van der Waals surface area contributed by atoms with Crippen LogP contribution in [0, 0.1) is 6.92 Å². The Morgan fingerprint density at radius 3 is 1.89 bits per heavy atom. The molecule has 4 aromatic rings. The van der Waals surface area contributed by atoms with Crippen molar-refractivity contribution in [1.82, 2.24) is 15.0 Å². The Morgan fingerprint density at radius 2 is 1.19 bits per heavy atom. The van der Waals surface area contributed by atoms with E-state index < -0.39 is 0 Å². The Labute approximate surface area is 158 Å². The molecule has 0 spiro atoms. The first-order chi connectivity index (χ1) is 13.2. The van der Waals surface area contributed by atoms with E-state index in [1.807, 2.05) is 61.5 Å². The molecule has 0 saturated carbocycles. The number of nitrogens with zero attached hydrogens (tertiary/aromatic N) is 3. The van der Waals surface area contributed by atoms with Gasteiger partial charge in [0.25, 0.3) is 0 Å². The fourth-order valence-corrected chi connectivity index (χ4v) is 2.97. The lowest BCUT2D eigenvalue weighted by Gasteiger charge is -2.08. The Bertz CT molecular complexity index is 1080. The third-order valence-corrected chi connectivity index (χ3v) is 4.30. The number of methoxy groups -OCH3 is 1. The van der Waals surface area contributed by atoms with Crippen molar-refractivity contribution in [2.75, 3.05) is 7.11 Å². The van der Waals surface area contributed by atoms with E-state index in [9.17, 15) is 0 Å². The molecule has 0 aliphatic rings. The standard InChI is InChI=1S/C23H19N3O/c1-16-24-22(26-23(25-16)20-12-7-13-21(15-20)27-2)19-11-6-10-18(14-19)17-8-4-3-5-9-17/h3-15H,1-2H3. The predicted molar refractivity (Wildman–Crippen MR) is 107 cm³/mol. The highest BCUT2D eigenvalue weighted by atomic mass is 16.5. The molecule has 0 aliphatic heterocycles. The summed E-state index contributed by atoms with van der Waals surface area (Å²) >= 11 is 0. The second-order valence-electron chi connectivity index (χ2n) is 6.21. The van der Waals surface area contributed by atoms with Crippen molar-refractivity contribution in [2.45, 2.75) is 6.92 Å². The molecule has 132 valence electrons. The molecule has 0 aliphatic carbocycles.